The van der Waals surface area contributed by atoms with E-state index in [9.17, 15) is 82.1 Å². The first-order valence-electron chi connectivity index (χ1n) is 30.1. The van der Waals surface area contributed by atoms with E-state index in [2.05, 4.69) is 63.8 Å². The van der Waals surface area contributed by atoms with Crippen LogP contribution in [0.5, 0.6) is 0 Å². The third-order valence-corrected chi connectivity index (χ3v) is 14.3. The Morgan fingerprint density at radius 1 is 0.457 bits per heavy atom. The molecule has 2 aromatic carbocycles. The molecule has 32 heteroatoms. The first-order valence-corrected chi connectivity index (χ1v) is 30.1. The average molecular weight is 1290 g/mol. The van der Waals surface area contributed by atoms with Gasteiger partial charge in [-0.1, -0.05) is 94.8 Å². The number of hydrogen-bond donors (Lipinski definition) is 17. The molecule has 0 bridgehead atoms. The lowest BCUT2D eigenvalue weighted by Crippen LogP contribution is -2.60. The van der Waals surface area contributed by atoms with Gasteiger partial charge in [-0.3, -0.25) is 71.9 Å². The van der Waals surface area contributed by atoms with Gasteiger partial charge < -0.3 is 91.2 Å². The second-order valence-corrected chi connectivity index (χ2v) is 22.4. The number of aliphatic carboxylic acids is 1. The maximum Gasteiger partial charge on any atom is 0.303 e. The number of benzene rings is 2. The highest BCUT2D eigenvalue weighted by atomic mass is 16.4. The van der Waals surface area contributed by atoms with Crippen LogP contribution < -0.4 is 81.0 Å². The fourth-order valence-corrected chi connectivity index (χ4v) is 8.84. The molecular weight excluding hydrogens is 1200 g/mol. The number of primary amides is 2. The van der Waals surface area contributed by atoms with Crippen molar-refractivity contribution in [2.45, 2.75) is 173 Å². The van der Waals surface area contributed by atoms with Crippen LogP contribution in [-0.2, 0) is 84.8 Å². The molecule has 0 spiro atoms. The van der Waals surface area contributed by atoms with Crippen molar-refractivity contribution in [1.29, 1.82) is 0 Å². The van der Waals surface area contributed by atoms with Gasteiger partial charge in [0, 0.05) is 32.6 Å². The highest BCUT2D eigenvalue weighted by Crippen LogP contribution is 2.12. The minimum Gasteiger partial charge on any atom is -0.481 e. The Hall–Kier alpha value is -9.59. The monoisotopic (exact) mass is 1290 g/mol. The maximum atomic E-state index is 14.2. The molecule has 0 aliphatic carbocycles. The zero-order valence-corrected chi connectivity index (χ0v) is 52.9. The summed E-state index contributed by atoms with van der Waals surface area (Å²) in [5.74, 6) is -14.7. The molecule has 2 rings (SSSR count). The van der Waals surface area contributed by atoms with Gasteiger partial charge in [0.15, 0.2) is 0 Å². The molecule has 0 fully saturated rings. The number of aliphatic hydroxyl groups is 1. The molecule has 92 heavy (non-hydrogen) atoms. The number of carbonyl (C=O) groups is 15. The number of carboxylic acid groups (broad SMARTS) is 1. The van der Waals surface area contributed by atoms with Crippen molar-refractivity contribution in [2.75, 3.05) is 26.2 Å². The largest absolute Gasteiger partial charge is 0.481 e. The second-order valence-electron chi connectivity index (χ2n) is 22.4. The van der Waals surface area contributed by atoms with Gasteiger partial charge in [-0.05, 0) is 75.5 Å². The molecule has 14 amide bonds. The highest BCUT2D eigenvalue weighted by Gasteiger charge is 2.36. The Morgan fingerprint density at radius 3 is 1.34 bits per heavy atom. The topological polar surface area (TPSA) is 519 Å². The summed E-state index contributed by atoms with van der Waals surface area (Å²) >= 11 is 0. The maximum absolute atomic E-state index is 14.2. The minimum atomic E-state index is -1.79. The number of hydrogen-bond acceptors (Lipinski definition) is 17. The van der Waals surface area contributed by atoms with Gasteiger partial charge in [0.1, 0.15) is 54.4 Å². The number of nitrogens with one attached hydrogen (secondary N) is 12. The Balaban J connectivity index is 2.29. The van der Waals surface area contributed by atoms with E-state index in [0.717, 1.165) is 6.92 Å². The van der Waals surface area contributed by atoms with Crippen LogP contribution in [0, 0.1) is 11.8 Å². The van der Waals surface area contributed by atoms with Gasteiger partial charge >= 0.3 is 5.97 Å². The van der Waals surface area contributed by atoms with E-state index in [4.69, 9.17) is 17.2 Å². The third-order valence-electron chi connectivity index (χ3n) is 14.3. The zero-order valence-electron chi connectivity index (χ0n) is 52.9. The minimum absolute atomic E-state index is 0.0988. The summed E-state index contributed by atoms with van der Waals surface area (Å²) in [5, 5.41) is 49.5. The number of aliphatic hydroxyl groups excluding tert-OH is 1. The first-order chi connectivity index (χ1) is 43.4. The average Bonchev–Trinajstić information content (AvgIpc) is 0.966. The van der Waals surface area contributed by atoms with Gasteiger partial charge in [-0.2, -0.15) is 0 Å². The van der Waals surface area contributed by atoms with E-state index in [-0.39, 0.29) is 38.1 Å². The molecule has 0 saturated carbocycles. The molecule has 0 heterocycles. The highest BCUT2D eigenvalue weighted by molar-refractivity contribution is 5.99. The standard InChI is InChI=1S/C60H91N15O17/c1-8-33(4)50(68-36(7)77)58(90)66-30-46(80)69-40(22-24-44(62)78)53(85)64-31-47(81)74-51(35(6)76)60(92)72-42(27-37-17-11-9-12-18-37)54(86)65-29-45(79)70-41(23-25-48(82)83)56(88)75-49(32(2)3)59(91)73-43(28-38-19-13-10-14-20-38)57(89)71-39(21-15-16-26-61)55(87)67-34(5)52(63)84/h9-14,17-20,32-35,39-43,49-51,76H,8,15-16,21-31,61H2,1-7H3,(H2,62,78)(H2,63,84)(H,64,85)(H,65,86)(H,66,90)(H,67,87)(H,68,77)(H,69,80)(H,70,79)(H,71,89)(H,72,92)(H,73,91)(H,74,81)(H,75,88)(H,82,83)/t33-,34-,35+,39-,40-,41-,42-,43-,49-,50-,51-/m0/s1. The van der Waals surface area contributed by atoms with E-state index in [1.807, 2.05) is 0 Å². The number of carboxylic acids is 1. The van der Waals surface area contributed by atoms with Crippen LogP contribution in [0.3, 0.4) is 0 Å². The van der Waals surface area contributed by atoms with Crippen LogP contribution in [0.2, 0.25) is 0 Å². The molecule has 20 N–H and O–H groups in total. The van der Waals surface area contributed by atoms with E-state index in [1.165, 1.54) is 13.8 Å². The molecule has 2 aromatic rings. The van der Waals surface area contributed by atoms with Crippen molar-refractivity contribution < 1.29 is 82.1 Å². The lowest BCUT2D eigenvalue weighted by atomic mass is 9.98. The predicted octanol–water partition coefficient (Wildman–Crippen LogP) is -4.95. The van der Waals surface area contributed by atoms with Gasteiger partial charge in [0.2, 0.25) is 82.7 Å². The summed E-state index contributed by atoms with van der Waals surface area (Å²) in [4.78, 5) is 196. The molecule has 508 valence electrons. The number of unbranched alkanes of at least 4 members (excludes halogenated alkanes) is 1. The van der Waals surface area contributed by atoms with Gasteiger partial charge in [-0.25, -0.2) is 0 Å². The van der Waals surface area contributed by atoms with Gasteiger partial charge in [-0.15, -0.1) is 0 Å². The number of rotatable bonds is 42. The number of carbonyl (C=O) groups excluding carboxylic acids is 14. The van der Waals surface area contributed by atoms with E-state index in [1.54, 1.807) is 88.4 Å². The van der Waals surface area contributed by atoms with E-state index in [0.29, 0.717) is 30.4 Å². The fraction of sp³-hybridized carbons (Fsp3) is 0.550. The van der Waals surface area contributed by atoms with Crippen molar-refractivity contribution in [2.24, 2.45) is 29.0 Å². The molecule has 0 aromatic heterocycles. The zero-order chi connectivity index (χ0) is 69.2. The summed E-state index contributed by atoms with van der Waals surface area (Å²) in [5.41, 5.74) is 17.4. The number of amides is 14. The molecule has 0 saturated heterocycles. The van der Waals surface area contributed by atoms with E-state index < -0.39 is 194 Å². The quantitative estimate of drug-likeness (QED) is 0.0277. The molecular formula is C60H91N15O17. The van der Waals surface area contributed by atoms with Crippen molar-refractivity contribution >= 4 is 88.7 Å². The predicted molar refractivity (Wildman–Crippen MR) is 331 cm³/mol. The second kappa shape index (κ2) is 40.9. The van der Waals surface area contributed by atoms with Crippen LogP contribution in [0.25, 0.3) is 0 Å². The Kier molecular flexibility index (Phi) is 34.9. The SMILES string of the molecule is CC[C@H](C)[C@H](NC(C)=O)C(=O)NCC(=O)N[C@@H](CCC(N)=O)C(=O)NCC(=O)N[C@H](C(=O)N[C@@H](Cc1ccccc1)C(=O)NCC(=O)N[C@@H](CCC(=O)O)C(=O)N[C@H](C(=O)N[C@@H](Cc1ccccc1)C(=O)N[C@@H](CCCCN)C(=O)N[C@@H](C)C(N)=O)C(C)C)[C@@H](C)O. The Morgan fingerprint density at radius 2 is 0.880 bits per heavy atom. The summed E-state index contributed by atoms with van der Waals surface area (Å²) < 4.78 is 0. The Labute approximate surface area is 533 Å². The summed E-state index contributed by atoms with van der Waals surface area (Å²) in [7, 11) is 0. The summed E-state index contributed by atoms with van der Waals surface area (Å²) in [6.45, 7) is 8.23. The lowest BCUT2D eigenvalue weighted by Gasteiger charge is -2.28. The van der Waals surface area contributed by atoms with Crippen LogP contribution in [0.1, 0.15) is 111 Å². The normalized spacial score (nSPS) is 14.5. The smallest absolute Gasteiger partial charge is 0.303 e. The summed E-state index contributed by atoms with van der Waals surface area (Å²) in [6, 6.07) is 4.14. The molecule has 11 atom stereocenters. The van der Waals surface area contributed by atoms with Crippen LogP contribution >= 0.6 is 0 Å². The molecule has 0 radical (unpaired) electrons. The van der Waals surface area contributed by atoms with Crippen LogP contribution in [0.4, 0.5) is 0 Å². The molecule has 0 aliphatic heterocycles. The molecule has 0 unspecified atom stereocenters. The van der Waals surface area contributed by atoms with Gasteiger partial charge in [0.05, 0.1) is 25.7 Å². The molecule has 0 aliphatic rings. The summed E-state index contributed by atoms with van der Waals surface area (Å²) in [6.07, 6.45) is -2.43. The molecule has 32 nitrogen and oxygen atoms in total. The van der Waals surface area contributed by atoms with Crippen molar-refractivity contribution in [3.63, 3.8) is 0 Å². The first kappa shape index (κ1) is 78.5. The van der Waals surface area contributed by atoms with Crippen molar-refractivity contribution in [1.82, 2.24) is 63.8 Å². The van der Waals surface area contributed by atoms with Gasteiger partial charge in [0.25, 0.3) is 0 Å². The Bertz CT molecular complexity index is 2860. The fourth-order valence-electron chi connectivity index (χ4n) is 8.84. The van der Waals surface area contributed by atoms with E-state index >= 15 is 0 Å². The number of nitrogens with two attached hydrogens (primary N) is 3. The van der Waals surface area contributed by atoms with Crippen molar-refractivity contribution in [3.8, 4) is 0 Å². The lowest BCUT2D eigenvalue weighted by molar-refractivity contribution is -0.138. The van der Waals surface area contributed by atoms with Crippen LogP contribution in [-0.4, -0.2) is 186 Å². The van der Waals surface area contributed by atoms with Crippen molar-refractivity contribution in [3.05, 3.63) is 71.8 Å². The third kappa shape index (κ3) is 29.8. The van der Waals surface area contributed by atoms with Crippen LogP contribution in [0.15, 0.2) is 60.7 Å².